The number of nitrogens with zero attached hydrogens (tertiary/aromatic N) is 1. The van der Waals surface area contributed by atoms with Gasteiger partial charge >= 0.3 is 5.97 Å². The van der Waals surface area contributed by atoms with Crippen molar-refractivity contribution in [1.29, 1.82) is 0 Å². The number of aliphatic imine (C=N–C) groups is 1. The third kappa shape index (κ3) is 3.01. The summed E-state index contributed by atoms with van der Waals surface area (Å²) < 4.78 is 0. The Morgan fingerprint density at radius 2 is 2.14 bits per heavy atom. The molecule has 0 radical (unpaired) electrons. The maximum Gasteiger partial charge on any atom is 0.312 e. The molecule has 0 amide bonds. The Labute approximate surface area is 83.1 Å². The lowest BCUT2D eigenvalue weighted by atomic mass is 10.0. The van der Waals surface area contributed by atoms with Gasteiger partial charge in [0.15, 0.2) is 0 Å². The first kappa shape index (κ1) is 10.4. The van der Waals surface area contributed by atoms with Crippen LogP contribution in [0.3, 0.4) is 0 Å². The summed E-state index contributed by atoms with van der Waals surface area (Å²) in [6.07, 6.45) is 1.96. The lowest BCUT2D eigenvalue weighted by molar-refractivity contribution is -0.139. The molecule has 1 atom stereocenters. The number of hydrogen-bond acceptors (Lipinski definition) is 2. The van der Waals surface area contributed by atoms with Crippen LogP contribution in [0.2, 0.25) is 0 Å². The molecule has 1 aromatic carbocycles. The molecule has 1 unspecified atom stereocenters. The van der Waals surface area contributed by atoms with Crippen molar-refractivity contribution in [2.75, 3.05) is 7.05 Å². The Hall–Kier alpha value is -1.64. The van der Waals surface area contributed by atoms with E-state index >= 15 is 0 Å². The van der Waals surface area contributed by atoms with E-state index in [0.717, 1.165) is 5.56 Å². The second-order valence-corrected chi connectivity index (χ2v) is 3.04. The van der Waals surface area contributed by atoms with Gasteiger partial charge < -0.3 is 5.11 Å². The van der Waals surface area contributed by atoms with Gasteiger partial charge in [-0.25, -0.2) is 0 Å². The molecule has 1 aromatic rings. The fourth-order valence-electron chi connectivity index (χ4n) is 1.25. The van der Waals surface area contributed by atoms with Gasteiger partial charge in [0.05, 0.1) is 5.92 Å². The molecule has 0 aromatic heterocycles. The van der Waals surface area contributed by atoms with Crippen molar-refractivity contribution in [3.8, 4) is 0 Å². The predicted molar refractivity (Wildman–Crippen MR) is 55.7 cm³/mol. The van der Waals surface area contributed by atoms with Gasteiger partial charge in [0.25, 0.3) is 0 Å². The van der Waals surface area contributed by atoms with Crippen LogP contribution in [0.15, 0.2) is 35.3 Å². The van der Waals surface area contributed by atoms with Gasteiger partial charge in [-0.15, -0.1) is 0 Å². The molecule has 0 aliphatic carbocycles. The highest BCUT2D eigenvalue weighted by atomic mass is 16.4. The quantitative estimate of drug-likeness (QED) is 0.735. The first-order valence-electron chi connectivity index (χ1n) is 4.43. The second-order valence-electron chi connectivity index (χ2n) is 3.04. The number of carboxylic acids is 1. The molecule has 0 spiro atoms. The summed E-state index contributed by atoms with van der Waals surface area (Å²) in [5, 5.41) is 8.87. The zero-order valence-corrected chi connectivity index (χ0v) is 8.05. The Bertz CT molecular complexity index is 319. The van der Waals surface area contributed by atoms with Gasteiger partial charge in [-0.3, -0.25) is 9.79 Å². The number of carboxylic acid groups (broad SMARTS) is 1. The fraction of sp³-hybridized carbons (Fsp3) is 0.273. The van der Waals surface area contributed by atoms with Crippen LogP contribution in [-0.4, -0.2) is 24.3 Å². The van der Waals surface area contributed by atoms with Crippen LogP contribution in [0.4, 0.5) is 0 Å². The zero-order valence-electron chi connectivity index (χ0n) is 8.05. The van der Waals surface area contributed by atoms with Gasteiger partial charge in [-0.1, -0.05) is 30.3 Å². The van der Waals surface area contributed by atoms with Crippen molar-refractivity contribution >= 4 is 12.2 Å². The second kappa shape index (κ2) is 5.17. The van der Waals surface area contributed by atoms with E-state index in [1.54, 1.807) is 7.05 Å². The molecule has 0 aliphatic heterocycles. The first-order chi connectivity index (χ1) is 6.74. The third-order valence-electron chi connectivity index (χ3n) is 1.94. The number of benzene rings is 1. The van der Waals surface area contributed by atoms with Crippen LogP contribution in [0, 0.1) is 5.92 Å². The number of hydrogen-bond donors (Lipinski definition) is 1. The zero-order chi connectivity index (χ0) is 10.4. The van der Waals surface area contributed by atoms with Gasteiger partial charge in [-0.05, 0) is 12.0 Å². The molecule has 0 saturated heterocycles. The van der Waals surface area contributed by atoms with E-state index in [1.165, 1.54) is 6.21 Å². The molecule has 1 N–H and O–H groups in total. The molecule has 0 bridgehead atoms. The lowest BCUT2D eigenvalue weighted by Crippen LogP contribution is -2.17. The summed E-state index contributed by atoms with van der Waals surface area (Å²) in [6, 6.07) is 9.54. The summed E-state index contributed by atoms with van der Waals surface area (Å²) in [5.74, 6) is -1.36. The number of carbonyl (C=O) groups is 1. The molecule has 0 saturated carbocycles. The topological polar surface area (TPSA) is 49.7 Å². The third-order valence-corrected chi connectivity index (χ3v) is 1.94. The van der Waals surface area contributed by atoms with E-state index in [0.29, 0.717) is 6.42 Å². The molecular weight excluding hydrogens is 178 g/mol. The Balaban J connectivity index is 2.70. The maximum atomic E-state index is 10.8. The molecule has 0 heterocycles. The first-order valence-corrected chi connectivity index (χ1v) is 4.43. The monoisotopic (exact) mass is 191 g/mol. The van der Waals surface area contributed by atoms with Gasteiger partial charge in [0.1, 0.15) is 0 Å². The van der Waals surface area contributed by atoms with E-state index in [2.05, 4.69) is 4.99 Å². The van der Waals surface area contributed by atoms with Crippen LogP contribution in [0.25, 0.3) is 0 Å². The van der Waals surface area contributed by atoms with Crippen LogP contribution < -0.4 is 0 Å². The maximum absolute atomic E-state index is 10.8. The van der Waals surface area contributed by atoms with E-state index in [1.807, 2.05) is 30.3 Å². The summed E-state index contributed by atoms with van der Waals surface area (Å²) in [5.41, 5.74) is 1.01. The molecule has 0 aliphatic rings. The highest BCUT2D eigenvalue weighted by Crippen LogP contribution is 2.07. The standard InChI is InChI=1S/C11H13NO2/c1-12-8-10(11(13)14)7-9-5-3-2-4-6-9/h2-6,8,10H,7H2,1H3,(H,13,14). The average Bonchev–Trinajstić information content (AvgIpc) is 2.18. The molecule has 3 nitrogen and oxygen atoms in total. The van der Waals surface area contributed by atoms with Crippen LogP contribution >= 0.6 is 0 Å². The van der Waals surface area contributed by atoms with Gasteiger partial charge in [0, 0.05) is 13.3 Å². The van der Waals surface area contributed by atoms with Gasteiger partial charge in [-0.2, -0.15) is 0 Å². The normalized spacial score (nSPS) is 12.9. The van der Waals surface area contributed by atoms with Crippen LogP contribution in [0.1, 0.15) is 5.56 Å². The van der Waals surface area contributed by atoms with E-state index in [4.69, 9.17) is 5.11 Å². The van der Waals surface area contributed by atoms with Crippen molar-refractivity contribution in [1.82, 2.24) is 0 Å². The van der Waals surface area contributed by atoms with E-state index in [9.17, 15) is 4.79 Å². The molecular formula is C11H13NO2. The average molecular weight is 191 g/mol. The Kier molecular flexibility index (Phi) is 3.85. The highest BCUT2D eigenvalue weighted by molar-refractivity contribution is 5.88. The number of rotatable bonds is 4. The summed E-state index contributed by atoms with van der Waals surface area (Å²) in [6.45, 7) is 0. The summed E-state index contributed by atoms with van der Waals surface area (Å²) in [7, 11) is 1.58. The highest BCUT2D eigenvalue weighted by Gasteiger charge is 2.14. The van der Waals surface area contributed by atoms with Gasteiger partial charge in [0.2, 0.25) is 0 Å². The van der Waals surface area contributed by atoms with Crippen molar-refractivity contribution in [3.63, 3.8) is 0 Å². The fourth-order valence-corrected chi connectivity index (χ4v) is 1.25. The molecule has 74 valence electrons. The Morgan fingerprint density at radius 1 is 1.50 bits per heavy atom. The SMILES string of the molecule is CN=CC(Cc1ccccc1)C(=O)O. The predicted octanol–water partition coefficient (Wildman–Crippen LogP) is 1.63. The molecule has 3 heteroatoms. The van der Waals surface area contributed by atoms with Crippen molar-refractivity contribution in [2.24, 2.45) is 10.9 Å². The lowest BCUT2D eigenvalue weighted by Gasteiger charge is -2.05. The molecule has 0 fully saturated rings. The van der Waals surface area contributed by atoms with Crippen LogP contribution in [-0.2, 0) is 11.2 Å². The van der Waals surface area contributed by atoms with Crippen LogP contribution in [0.5, 0.6) is 0 Å². The van der Waals surface area contributed by atoms with Crippen molar-refractivity contribution in [3.05, 3.63) is 35.9 Å². The van der Waals surface area contributed by atoms with Crippen molar-refractivity contribution < 1.29 is 9.90 Å². The van der Waals surface area contributed by atoms with E-state index in [-0.39, 0.29) is 0 Å². The largest absolute Gasteiger partial charge is 0.481 e. The number of aliphatic carboxylic acids is 1. The molecule has 14 heavy (non-hydrogen) atoms. The minimum atomic E-state index is -0.834. The molecule has 1 rings (SSSR count). The smallest absolute Gasteiger partial charge is 0.312 e. The Morgan fingerprint density at radius 3 is 2.64 bits per heavy atom. The minimum absolute atomic E-state index is 0.494. The summed E-state index contributed by atoms with van der Waals surface area (Å²) in [4.78, 5) is 14.6. The summed E-state index contributed by atoms with van der Waals surface area (Å²) >= 11 is 0. The van der Waals surface area contributed by atoms with Crippen molar-refractivity contribution in [2.45, 2.75) is 6.42 Å². The van der Waals surface area contributed by atoms with E-state index < -0.39 is 11.9 Å². The minimum Gasteiger partial charge on any atom is -0.481 e.